The minimum Gasteiger partial charge on any atom is -0.345 e. The topological polar surface area (TPSA) is 80.2 Å². The van der Waals surface area contributed by atoms with Gasteiger partial charge in [0.15, 0.2) is 14.9 Å². The molecule has 0 aliphatic rings. The number of hydrogen-bond acceptors (Lipinski definition) is 5. The van der Waals surface area contributed by atoms with Crippen LogP contribution in [0.3, 0.4) is 0 Å². The summed E-state index contributed by atoms with van der Waals surface area (Å²) >= 11 is 0. The van der Waals surface area contributed by atoms with E-state index < -0.39 is 15.7 Å². The minimum atomic E-state index is -3.53. The Morgan fingerprint density at radius 3 is 2.38 bits per heavy atom. The highest BCUT2D eigenvalue weighted by molar-refractivity contribution is 7.90. The van der Waals surface area contributed by atoms with Gasteiger partial charge in [-0.2, -0.15) is 0 Å². The molecule has 0 aliphatic heterocycles. The second-order valence-electron chi connectivity index (χ2n) is 3.61. The van der Waals surface area contributed by atoms with Crippen LogP contribution < -0.4 is 0 Å². The molecule has 0 saturated heterocycles. The number of aryl methyl sites for hydroxylation is 1. The number of nitrogens with zero attached hydrogens (tertiary/aromatic N) is 3. The van der Waals surface area contributed by atoms with E-state index in [0.717, 1.165) is 6.26 Å². The third-order valence-corrected chi connectivity index (χ3v) is 2.88. The third kappa shape index (κ3) is 2.54. The zero-order valence-electron chi connectivity index (χ0n) is 9.55. The average molecular weight is 243 g/mol. The molecule has 1 rings (SSSR count). The molecular weight excluding hydrogens is 230 g/mol. The van der Waals surface area contributed by atoms with E-state index in [1.165, 1.54) is 25.2 Å². The van der Waals surface area contributed by atoms with Gasteiger partial charge in [-0.3, -0.25) is 4.79 Å². The second-order valence-corrected chi connectivity index (χ2v) is 5.54. The van der Waals surface area contributed by atoms with Gasteiger partial charge in [0.25, 0.3) is 5.91 Å². The van der Waals surface area contributed by atoms with Crippen LogP contribution in [-0.2, 0) is 9.84 Å². The van der Waals surface area contributed by atoms with Gasteiger partial charge in [0.2, 0.25) is 0 Å². The highest BCUT2D eigenvalue weighted by Crippen LogP contribution is 2.13. The molecule has 0 aliphatic carbocycles. The molecule has 0 aromatic carbocycles. The monoisotopic (exact) mass is 243 g/mol. The minimum absolute atomic E-state index is 0.00176. The van der Waals surface area contributed by atoms with Crippen LogP contribution in [0.1, 0.15) is 16.2 Å². The van der Waals surface area contributed by atoms with Crippen LogP contribution in [0.25, 0.3) is 0 Å². The number of amides is 1. The van der Waals surface area contributed by atoms with Gasteiger partial charge in [-0.1, -0.05) is 0 Å². The van der Waals surface area contributed by atoms with Crippen molar-refractivity contribution in [3.8, 4) is 0 Å². The number of aromatic nitrogens is 2. The van der Waals surface area contributed by atoms with Crippen LogP contribution >= 0.6 is 0 Å². The number of carbonyl (C=O) groups is 1. The molecule has 0 saturated carbocycles. The Labute approximate surface area is 94.2 Å². The van der Waals surface area contributed by atoms with Crippen molar-refractivity contribution < 1.29 is 13.2 Å². The summed E-state index contributed by atoms with van der Waals surface area (Å²) < 4.78 is 22.9. The first-order chi connectivity index (χ1) is 7.23. The first-order valence-electron chi connectivity index (χ1n) is 4.49. The fourth-order valence-electron chi connectivity index (χ4n) is 1.12. The van der Waals surface area contributed by atoms with Gasteiger partial charge in [0.05, 0.1) is 5.56 Å². The molecule has 1 aromatic heterocycles. The molecule has 0 unspecified atom stereocenters. The van der Waals surface area contributed by atoms with Crippen molar-refractivity contribution in [3.05, 3.63) is 17.6 Å². The molecule has 16 heavy (non-hydrogen) atoms. The highest BCUT2D eigenvalue weighted by Gasteiger charge is 2.22. The van der Waals surface area contributed by atoms with E-state index in [4.69, 9.17) is 0 Å². The maximum atomic E-state index is 11.7. The highest BCUT2D eigenvalue weighted by atomic mass is 32.2. The zero-order valence-corrected chi connectivity index (χ0v) is 10.4. The molecule has 88 valence electrons. The number of sulfone groups is 1. The standard InChI is InChI=1S/C9H13N3O3S/c1-6-10-5-7(9(13)12(2)3)8(11-6)16(4,14)15/h5H,1-4H3. The van der Waals surface area contributed by atoms with Crippen molar-refractivity contribution >= 4 is 15.7 Å². The van der Waals surface area contributed by atoms with E-state index in [1.54, 1.807) is 6.92 Å². The van der Waals surface area contributed by atoms with Crippen molar-refractivity contribution in [3.63, 3.8) is 0 Å². The number of rotatable bonds is 2. The maximum absolute atomic E-state index is 11.7. The summed E-state index contributed by atoms with van der Waals surface area (Å²) in [6, 6.07) is 0. The van der Waals surface area contributed by atoms with Gasteiger partial charge in [-0.05, 0) is 6.92 Å². The van der Waals surface area contributed by atoms with Gasteiger partial charge >= 0.3 is 0 Å². The van der Waals surface area contributed by atoms with E-state index in [2.05, 4.69) is 9.97 Å². The molecule has 0 radical (unpaired) electrons. The Bertz CT molecular complexity index is 523. The van der Waals surface area contributed by atoms with Crippen LogP contribution in [0.2, 0.25) is 0 Å². The summed E-state index contributed by atoms with van der Waals surface area (Å²) in [6.07, 6.45) is 2.25. The summed E-state index contributed by atoms with van der Waals surface area (Å²) in [6.45, 7) is 1.57. The lowest BCUT2D eigenvalue weighted by atomic mass is 10.3. The van der Waals surface area contributed by atoms with Gasteiger partial charge in [-0.15, -0.1) is 0 Å². The van der Waals surface area contributed by atoms with Gasteiger partial charge in [0.1, 0.15) is 5.82 Å². The Hall–Kier alpha value is -1.50. The number of hydrogen-bond donors (Lipinski definition) is 0. The fourth-order valence-corrected chi connectivity index (χ4v) is 1.96. The van der Waals surface area contributed by atoms with Crippen molar-refractivity contribution in [2.75, 3.05) is 20.4 Å². The molecule has 0 bridgehead atoms. The SMILES string of the molecule is Cc1ncc(C(=O)N(C)C)c(S(C)(=O)=O)n1. The molecule has 6 nitrogen and oxygen atoms in total. The predicted molar refractivity (Wildman–Crippen MR) is 57.9 cm³/mol. The summed E-state index contributed by atoms with van der Waals surface area (Å²) in [5.74, 6) is -0.115. The molecular formula is C9H13N3O3S. The normalized spacial score (nSPS) is 11.2. The first-order valence-corrected chi connectivity index (χ1v) is 6.38. The van der Waals surface area contributed by atoms with Gasteiger partial charge < -0.3 is 4.90 Å². The average Bonchev–Trinajstić information content (AvgIpc) is 2.15. The third-order valence-electron chi connectivity index (χ3n) is 1.86. The first kappa shape index (κ1) is 12.6. The fraction of sp³-hybridized carbons (Fsp3) is 0.444. The van der Waals surface area contributed by atoms with E-state index in [9.17, 15) is 13.2 Å². The van der Waals surface area contributed by atoms with E-state index >= 15 is 0 Å². The van der Waals surface area contributed by atoms with Crippen molar-refractivity contribution in [2.24, 2.45) is 0 Å². The second kappa shape index (κ2) is 4.17. The van der Waals surface area contributed by atoms with E-state index in [1.807, 2.05) is 0 Å². The lowest BCUT2D eigenvalue weighted by molar-refractivity contribution is 0.0822. The summed E-state index contributed by atoms with van der Waals surface area (Å²) in [4.78, 5) is 20.6. The smallest absolute Gasteiger partial charge is 0.257 e. The van der Waals surface area contributed by atoms with Crippen LogP contribution in [0.15, 0.2) is 11.2 Å². The van der Waals surface area contributed by atoms with Crippen molar-refractivity contribution in [2.45, 2.75) is 11.9 Å². The molecule has 0 N–H and O–H groups in total. The lowest BCUT2D eigenvalue weighted by Gasteiger charge is -2.12. The van der Waals surface area contributed by atoms with E-state index in [0.29, 0.717) is 5.82 Å². The Morgan fingerprint density at radius 2 is 1.94 bits per heavy atom. The van der Waals surface area contributed by atoms with Crippen LogP contribution in [0, 0.1) is 6.92 Å². The molecule has 1 heterocycles. The predicted octanol–water partition coefficient (Wildman–Crippen LogP) is -0.110. The van der Waals surface area contributed by atoms with Gasteiger partial charge in [0, 0.05) is 26.5 Å². The maximum Gasteiger partial charge on any atom is 0.257 e. The number of carbonyl (C=O) groups excluding carboxylic acids is 1. The molecule has 0 fully saturated rings. The van der Waals surface area contributed by atoms with Crippen LogP contribution in [0.5, 0.6) is 0 Å². The summed E-state index contributed by atoms with van der Waals surface area (Å²) in [7, 11) is -0.461. The molecule has 7 heteroatoms. The van der Waals surface area contributed by atoms with Crippen molar-refractivity contribution in [1.82, 2.24) is 14.9 Å². The zero-order chi connectivity index (χ0) is 12.5. The molecule has 0 atom stereocenters. The Kier molecular flexibility index (Phi) is 3.27. The quantitative estimate of drug-likeness (QED) is 0.677. The Balaban J connectivity index is 3.47. The summed E-state index contributed by atoms with van der Waals surface area (Å²) in [5.41, 5.74) is -0.00176. The largest absolute Gasteiger partial charge is 0.345 e. The molecule has 0 spiro atoms. The molecule has 1 aromatic rings. The van der Waals surface area contributed by atoms with Crippen LogP contribution in [-0.4, -0.2) is 49.5 Å². The Morgan fingerprint density at radius 1 is 1.38 bits per heavy atom. The van der Waals surface area contributed by atoms with Crippen LogP contribution in [0.4, 0.5) is 0 Å². The van der Waals surface area contributed by atoms with Gasteiger partial charge in [-0.25, -0.2) is 18.4 Å². The van der Waals surface area contributed by atoms with Crippen molar-refractivity contribution in [1.29, 1.82) is 0 Å². The van der Waals surface area contributed by atoms with E-state index in [-0.39, 0.29) is 10.6 Å². The molecule has 1 amide bonds. The summed E-state index contributed by atoms with van der Waals surface area (Å²) in [5, 5.41) is -0.223. The lowest BCUT2D eigenvalue weighted by Crippen LogP contribution is -2.25.